The predicted octanol–water partition coefficient (Wildman–Crippen LogP) is 3.90. The Morgan fingerprint density at radius 1 is 1.32 bits per heavy atom. The van der Waals surface area contributed by atoms with Crippen molar-refractivity contribution in [1.82, 2.24) is 10.2 Å². The monoisotopic (exact) mass is 321 g/mol. The molecule has 0 aliphatic carbocycles. The van der Waals surface area contributed by atoms with Crippen LogP contribution >= 0.6 is 15.9 Å². The van der Waals surface area contributed by atoms with Crippen molar-refractivity contribution in [3.05, 3.63) is 39.5 Å². The molecule has 3 nitrogen and oxygen atoms in total. The lowest BCUT2D eigenvalue weighted by Crippen LogP contribution is -2.11. The van der Waals surface area contributed by atoms with Crippen LogP contribution in [0, 0.1) is 6.92 Å². The highest BCUT2D eigenvalue weighted by atomic mass is 79.9. The van der Waals surface area contributed by atoms with Crippen molar-refractivity contribution in [3.8, 4) is 11.3 Å². The lowest BCUT2D eigenvalue weighted by Gasteiger charge is -2.20. The Balaban J connectivity index is 2.58. The molecule has 0 atom stereocenters. The summed E-state index contributed by atoms with van der Waals surface area (Å²) in [5, 5.41) is 7.37. The number of rotatable bonds is 2. The van der Waals surface area contributed by atoms with Gasteiger partial charge in [-0.25, -0.2) is 0 Å². The Morgan fingerprint density at radius 2 is 2.00 bits per heavy atom. The third-order valence-corrected chi connectivity index (χ3v) is 4.19. The van der Waals surface area contributed by atoms with Gasteiger partial charge in [0.05, 0.1) is 10.2 Å². The van der Waals surface area contributed by atoms with Gasteiger partial charge in [-0.1, -0.05) is 32.9 Å². The number of hydrogen-bond donors (Lipinski definition) is 2. The molecule has 0 unspecified atom stereocenters. The maximum atomic E-state index is 5.68. The van der Waals surface area contributed by atoms with Gasteiger partial charge in [-0.2, -0.15) is 5.10 Å². The highest BCUT2D eigenvalue weighted by molar-refractivity contribution is 9.10. The summed E-state index contributed by atoms with van der Waals surface area (Å²) in [6.07, 6.45) is 0. The molecule has 0 saturated heterocycles. The van der Waals surface area contributed by atoms with Crippen LogP contribution in [0.3, 0.4) is 0 Å². The summed E-state index contributed by atoms with van der Waals surface area (Å²) in [6, 6.07) is 6.55. The summed E-state index contributed by atoms with van der Waals surface area (Å²) < 4.78 is 0.962. The molecule has 1 aromatic heterocycles. The number of H-pyrrole nitrogens is 1. The van der Waals surface area contributed by atoms with Crippen molar-refractivity contribution in [2.24, 2.45) is 5.73 Å². The normalized spacial score (nSPS) is 11.9. The van der Waals surface area contributed by atoms with Crippen LogP contribution in [-0.2, 0) is 12.0 Å². The lowest BCUT2D eigenvalue weighted by atomic mass is 9.85. The van der Waals surface area contributed by atoms with Crippen LogP contribution in [0.25, 0.3) is 11.3 Å². The van der Waals surface area contributed by atoms with Crippen LogP contribution in [0.1, 0.15) is 37.6 Å². The molecule has 1 heterocycles. The van der Waals surface area contributed by atoms with E-state index in [9.17, 15) is 0 Å². The summed E-state index contributed by atoms with van der Waals surface area (Å²) in [7, 11) is 0. The first-order chi connectivity index (χ1) is 8.84. The van der Waals surface area contributed by atoms with Crippen LogP contribution in [-0.4, -0.2) is 10.2 Å². The average molecular weight is 322 g/mol. The quantitative estimate of drug-likeness (QED) is 0.881. The smallest absolute Gasteiger partial charge is 0.107 e. The zero-order valence-corrected chi connectivity index (χ0v) is 13.4. The Bertz CT molecular complexity index is 594. The van der Waals surface area contributed by atoms with E-state index in [0.29, 0.717) is 6.54 Å². The topological polar surface area (TPSA) is 54.7 Å². The molecule has 0 aliphatic rings. The second-order valence-electron chi connectivity index (χ2n) is 5.85. The Kier molecular flexibility index (Phi) is 3.83. The lowest BCUT2D eigenvalue weighted by molar-refractivity contribution is 0.590. The van der Waals surface area contributed by atoms with Crippen molar-refractivity contribution in [2.75, 3.05) is 0 Å². The molecule has 0 saturated carbocycles. The second kappa shape index (κ2) is 5.10. The molecular formula is C15H20BrN3. The van der Waals surface area contributed by atoms with E-state index >= 15 is 0 Å². The summed E-state index contributed by atoms with van der Waals surface area (Å²) in [5.74, 6) is 0. The molecule has 3 N–H and O–H groups in total. The second-order valence-corrected chi connectivity index (χ2v) is 6.64. The number of nitrogens with one attached hydrogen (secondary N) is 1. The molecule has 0 bridgehead atoms. The van der Waals surface area contributed by atoms with Crippen molar-refractivity contribution in [2.45, 2.75) is 39.7 Å². The van der Waals surface area contributed by atoms with E-state index < -0.39 is 0 Å². The minimum atomic E-state index is 0.127. The molecule has 19 heavy (non-hydrogen) atoms. The highest BCUT2D eigenvalue weighted by Crippen LogP contribution is 2.34. The minimum absolute atomic E-state index is 0.127. The SMILES string of the molecule is Cc1ccc(C(C)(C)C)cc1-c1n[nH]c(CN)c1Br. The third-order valence-electron chi connectivity index (χ3n) is 3.34. The fourth-order valence-corrected chi connectivity index (χ4v) is 2.57. The van der Waals surface area contributed by atoms with Crippen LogP contribution in [0.15, 0.2) is 22.7 Å². The molecule has 0 fully saturated rings. The van der Waals surface area contributed by atoms with E-state index in [1.54, 1.807) is 0 Å². The number of aryl methyl sites for hydroxylation is 1. The summed E-state index contributed by atoms with van der Waals surface area (Å²) >= 11 is 3.58. The van der Waals surface area contributed by atoms with Gasteiger partial charge in [-0.05, 0) is 45.5 Å². The zero-order valence-electron chi connectivity index (χ0n) is 11.8. The van der Waals surface area contributed by atoms with E-state index in [1.807, 2.05) is 0 Å². The van der Waals surface area contributed by atoms with E-state index in [1.165, 1.54) is 11.1 Å². The highest BCUT2D eigenvalue weighted by Gasteiger charge is 2.18. The first-order valence-corrected chi connectivity index (χ1v) is 7.18. The van der Waals surface area contributed by atoms with E-state index in [2.05, 4.69) is 72.0 Å². The largest absolute Gasteiger partial charge is 0.325 e. The van der Waals surface area contributed by atoms with E-state index in [4.69, 9.17) is 5.73 Å². The Hall–Kier alpha value is -1.13. The van der Waals surface area contributed by atoms with Crippen LogP contribution < -0.4 is 5.73 Å². The minimum Gasteiger partial charge on any atom is -0.325 e. The Morgan fingerprint density at radius 3 is 2.53 bits per heavy atom. The van der Waals surface area contributed by atoms with Gasteiger partial charge in [0.2, 0.25) is 0 Å². The summed E-state index contributed by atoms with van der Waals surface area (Å²) in [5.41, 5.74) is 11.3. The molecule has 2 rings (SSSR count). The summed E-state index contributed by atoms with van der Waals surface area (Å²) in [4.78, 5) is 0. The standard InChI is InChI=1S/C15H20BrN3/c1-9-5-6-10(15(2,3)4)7-11(9)14-13(16)12(8-17)18-19-14/h5-7H,8,17H2,1-4H3,(H,18,19). The first-order valence-electron chi connectivity index (χ1n) is 6.39. The molecule has 0 amide bonds. The molecule has 102 valence electrons. The van der Waals surface area contributed by atoms with Crippen molar-refractivity contribution < 1.29 is 0 Å². The maximum Gasteiger partial charge on any atom is 0.107 e. The van der Waals surface area contributed by atoms with Gasteiger partial charge in [-0.15, -0.1) is 0 Å². The number of nitrogens with two attached hydrogens (primary N) is 1. The van der Waals surface area contributed by atoms with Gasteiger partial charge >= 0.3 is 0 Å². The number of benzene rings is 1. The molecule has 0 aliphatic heterocycles. The average Bonchev–Trinajstić information content (AvgIpc) is 2.69. The van der Waals surface area contributed by atoms with Gasteiger partial charge in [0, 0.05) is 12.1 Å². The number of halogens is 1. The predicted molar refractivity (Wildman–Crippen MR) is 83.1 cm³/mol. The third kappa shape index (κ3) is 2.74. The van der Waals surface area contributed by atoms with Gasteiger partial charge in [0.15, 0.2) is 0 Å². The number of aromatic amines is 1. The van der Waals surface area contributed by atoms with Crippen LogP contribution in [0.5, 0.6) is 0 Å². The van der Waals surface area contributed by atoms with Crippen LogP contribution in [0.4, 0.5) is 0 Å². The van der Waals surface area contributed by atoms with Gasteiger partial charge in [0.1, 0.15) is 5.69 Å². The molecule has 4 heteroatoms. The molecule has 1 aromatic carbocycles. The van der Waals surface area contributed by atoms with Crippen molar-refractivity contribution in [3.63, 3.8) is 0 Å². The molecule has 0 spiro atoms. The molecule has 0 radical (unpaired) electrons. The molecule has 2 aromatic rings. The van der Waals surface area contributed by atoms with E-state index in [-0.39, 0.29) is 5.41 Å². The number of hydrogen-bond acceptors (Lipinski definition) is 2. The van der Waals surface area contributed by atoms with Gasteiger partial charge in [-0.3, -0.25) is 5.10 Å². The number of nitrogens with zero attached hydrogens (tertiary/aromatic N) is 1. The number of aromatic nitrogens is 2. The summed E-state index contributed by atoms with van der Waals surface area (Å²) in [6.45, 7) is 9.20. The van der Waals surface area contributed by atoms with E-state index in [0.717, 1.165) is 21.4 Å². The zero-order chi connectivity index (χ0) is 14.2. The van der Waals surface area contributed by atoms with Crippen LogP contribution in [0.2, 0.25) is 0 Å². The first kappa shape index (κ1) is 14.3. The maximum absolute atomic E-state index is 5.68. The van der Waals surface area contributed by atoms with Crippen molar-refractivity contribution in [1.29, 1.82) is 0 Å². The van der Waals surface area contributed by atoms with Gasteiger partial charge < -0.3 is 5.73 Å². The van der Waals surface area contributed by atoms with Crippen molar-refractivity contribution >= 4 is 15.9 Å². The fourth-order valence-electron chi connectivity index (χ4n) is 2.02. The fraction of sp³-hybridized carbons (Fsp3) is 0.400. The molecular weight excluding hydrogens is 302 g/mol. The Labute approximate surface area is 122 Å². The van der Waals surface area contributed by atoms with Gasteiger partial charge in [0.25, 0.3) is 0 Å².